The van der Waals surface area contributed by atoms with Crippen molar-refractivity contribution in [3.63, 3.8) is 0 Å². The molecule has 0 fully saturated rings. The number of halogens is 1. The van der Waals surface area contributed by atoms with Crippen molar-refractivity contribution in [2.45, 2.75) is 6.85 Å². The van der Waals surface area contributed by atoms with Gasteiger partial charge in [-0.3, -0.25) is 0 Å². The molecule has 4 nitrogen and oxygen atoms in total. The van der Waals surface area contributed by atoms with E-state index in [-0.39, 0.29) is 27.6 Å². The molecule has 66 valence electrons. The minimum absolute atomic E-state index is 0.0246. The second kappa shape index (κ2) is 2.81. The highest BCUT2D eigenvalue weighted by atomic mass is 35.5. The molecule has 0 aromatic carbocycles. The third-order valence-corrected chi connectivity index (χ3v) is 1.78. The second-order valence-corrected chi connectivity index (χ2v) is 2.84. The van der Waals surface area contributed by atoms with Gasteiger partial charge < -0.3 is 5.73 Å². The fraction of sp³-hybridized carbons (Fsp3) is 0.125. The molecule has 2 N–H and O–H groups in total. The molecule has 0 saturated carbocycles. The van der Waals surface area contributed by atoms with Gasteiger partial charge in [-0.1, -0.05) is 11.6 Å². The zero-order chi connectivity index (χ0) is 11.9. The average Bonchev–Trinajstić information content (AvgIpc) is 2.17. The van der Waals surface area contributed by atoms with Crippen molar-refractivity contribution in [2.24, 2.45) is 0 Å². The Hall–Kier alpha value is -1.42. The van der Waals surface area contributed by atoms with Crippen molar-refractivity contribution < 1.29 is 4.11 Å². The Labute approximate surface area is 84.0 Å². The SMILES string of the molecule is [2H]C([2H])([2H])c1cc(Cl)nc2c(N)ncnc12. The number of nitrogens with zero attached hydrogens (tertiary/aromatic N) is 3. The van der Waals surface area contributed by atoms with Crippen LogP contribution in [0.3, 0.4) is 0 Å². The number of nitrogens with two attached hydrogens (primary N) is 1. The lowest BCUT2D eigenvalue weighted by Crippen LogP contribution is -1.96. The van der Waals surface area contributed by atoms with Crippen LogP contribution >= 0.6 is 11.6 Å². The van der Waals surface area contributed by atoms with Crippen LogP contribution in [0.25, 0.3) is 11.0 Å². The maximum absolute atomic E-state index is 7.37. The van der Waals surface area contributed by atoms with E-state index in [1.807, 2.05) is 0 Å². The zero-order valence-electron chi connectivity index (χ0n) is 9.45. The molecule has 0 saturated heterocycles. The largest absolute Gasteiger partial charge is 0.382 e. The summed E-state index contributed by atoms with van der Waals surface area (Å²) in [5.41, 5.74) is 6.02. The molecule has 2 aromatic rings. The summed E-state index contributed by atoms with van der Waals surface area (Å²) in [4.78, 5) is 11.5. The summed E-state index contributed by atoms with van der Waals surface area (Å²) < 4.78 is 22.1. The van der Waals surface area contributed by atoms with Gasteiger partial charge in [-0.2, -0.15) is 0 Å². The Morgan fingerprint density at radius 1 is 1.46 bits per heavy atom. The van der Waals surface area contributed by atoms with Gasteiger partial charge in [0.05, 0.1) is 5.52 Å². The quantitative estimate of drug-likeness (QED) is 0.652. The number of aromatic nitrogens is 3. The molecule has 0 spiro atoms. The van der Waals surface area contributed by atoms with Crippen molar-refractivity contribution >= 4 is 28.5 Å². The van der Waals surface area contributed by atoms with Gasteiger partial charge in [0.15, 0.2) is 5.82 Å². The van der Waals surface area contributed by atoms with Crippen molar-refractivity contribution in [1.82, 2.24) is 15.0 Å². The van der Waals surface area contributed by atoms with E-state index in [9.17, 15) is 0 Å². The number of nitrogen functional groups attached to an aromatic ring is 1. The normalized spacial score (nSPS) is 15.0. The predicted molar refractivity (Wildman–Crippen MR) is 51.5 cm³/mol. The average molecular weight is 198 g/mol. The summed E-state index contributed by atoms with van der Waals surface area (Å²) in [5, 5.41) is 0.0557. The number of aryl methyl sites for hydroxylation is 1. The fourth-order valence-corrected chi connectivity index (χ4v) is 1.22. The van der Waals surface area contributed by atoms with E-state index in [0.29, 0.717) is 0 Å². The van der Waals surface area contributed by atoms with Gasteiger partial charge in [0.25, 0.3) is 0 Å². The highest BCUT2D eigenvalue weighted by Gasteiger charge is 2.05. The summed E-state index contributed by atoms with van der Waals surface area (Å²) in [7, 11) is 0. The molecule has 0 radical (unpaired) electrons. The van der Waals surface area contributed by atoms with Crippen molar-refractivity contribution in [2.75, 3.05) is 5.73 Å². The Bertz CT molecular complexity index is 555. The van der Waals surface area contributed by atoms with Crippen LogP contribution in [0.4, 0.5) is 5.82 Å². The van der Waals surface area contributed by atoms with Gasteiger partial charge in [0.2, 0.25) is 0 Å². The Kier molecular flexibility index (Phi) is 1.16. The maximum atomic E-state index is 7.37. The predicted octanol–water partition coefficient (Wildman–Crippen LogP) is 1.57. The van der Waals surface area contributed by atoms with Crippen molar-refractivity contribution in [3.05, 3.63) is 23.1 Å². The summed E-state index contributed by atoms with van der Waals surface area (Å²) in [6, 6.07) is 1.27. The number of hydrogen-bond acceptors (Lipinski definition) is 4. The first kappa shape index (κ1) is 5.34. The van der Waals surface area contributed by atoms with E-state index in [0.717, 1.165) is 0 Å². The standard InChI is InChI=1S/C8H7ClN4/c1-4-2-5(9)13-7-6(4)11-3-12-8(7)10/h2-3H,1H3,(H2,10,11,12)/i1D3. The number of rotatable bonds is 0. The maximum Gasteiger partial charge on any atom is 0.153 e. The van der Waals surface area contributed by atoms with Gasteiger partial charge in [0.1, 0.15) is 17.0 Å². The molecular weight excluding hydrogens is 188 g/mol. The Morgan fingerprint density at radius 2 is 2.31 bits per heavy atom. The smallest absolute Gasteiger partial charge is 0.153 e. The van der Waals surface area contributed by atoms with Crippen LogP contribution in [0.5, 0.6) is 0 Å². The van der Waals surface area contributed by atoms with E-state index in [1.165, 1.54) is 12.4 Å². The van der Waals surface area contributed by atoms with Gasteiger partial charge in [-0.15, -0.1) is 0 Å². The highest BCUT2D eigenvalue weighted by molar-refractivity contribution is 6.30. The van der Waals surface area contributed by atoms with Gasteiger partial charge >= 0.3 is 0 Å². The molecule has 0 aliphatic heterocycles. The van der Waals surface area contributed by atoms with Crippen LogP contribution in [-0.4, -0.2) is 15.0 Å². The van der Waals surface area contributed by atoms with Gasteiger partial charge in [-0.05, 0) is 18.5 Å². The minimum atomic E-state index is -2.31. The molecule has 2 aromatic heterocycles. The molecule has 0 amide bonds. The summed E-state index contributed by atoms with van der Waals surface area (Å²) in [6.07, 6.45) is 1.20. The molecule has 5 heteroatoms. The van der Waals surface area contributed by atoms with E-state index >= 15 is 0 Å². The number of fused-ring (bicyclic) bond motifs is 1. The van der Waals surface area contributed by atoms with Crippen molar-refractivity contribution in [1.29, 1.82) is 0 Å². The second-order valence-electron chi connectivity index (χ2n) is 2.45. The minimum Gasteiger partial charge on any atom is -0.382 e. The molecule has 0 bridgehead atoms. The highest BCUT2D eigenvalue weighted by Crippen LogP contribution is 2.20. The van der Waals surface area contributed by atoms with Crippen LogP contribution in [0, 0.1) is 6.85 Å². The molecule has 0 atom stereocenters. The molecule has 2 heterocycles. The molecule has 0 aliphatic rings. The third-order valence-electron chi connectivity index (χ3n) is 1.59. The van der Waals surface area contributed by atoms with Crippen LogP contribution in [0.1, 0.15) is 9.68 Å². The van der Waals surface area contributed by atoms with Crippen LogP contribution in [0.2, 0.25) is 5.15 Å². The molecule has 0 aliphatic carbocycles. The molecule has 13 heavy (non-hydrogen) atoms. The van der Waals surface area contributed by atoms with E-state index < -0.39 is 6.85 Å². The number of anilines is 1. The van der Waals surface area contributed by atoms with Crippen LogP contribution in [-0.2, 0) is 0 Å². The monoisotopic (exact) mass is 197 g/mol. The first-order valence-electron chi connectivity index (χ1n) is 4.97. The van der Waals surface area contributed by atoms with E-state index in [1.54, 1.807) is 0 Å². The first-order chi connectivity index (χ1) is 7.39. The van der Waals surface area contributed by atoms with Crippen LogP contribution < -0.4 is 5.73 Å². The number of hydrogen-bond donors (Lipinski definition) is 1. The molecular formula is C8H7ClN4. The lowest BCUT2D eigenvalue weighted by atomic mass is 10.2. The van der Waals surface area contributed by atoms with E-state index in [2.05, 4.69) is 15.0 Å². The van der Waals surface area contributed by atoms with Crippen molar-refractivity contribution in [3.8, 4) is 0 Å². The van der Waals surface area contributed by atoms with Gasteiger partial charge in [0, 0.05) is 4.11 Å². The van der Waals surface area contributed by atoms with Crippen LogP contribution in [0.15, 0.2) is 12.4 Å². The lowest BCUT2D eigenvalue weighted by Gasteiger charge is -2.02. The Morgan fingerprint density at radius 3 is 3.08 bits per heavy atom. The number of pyridine rings is 1. The molecule has 0 unspecified atom stereocenters. The zero-order valence-corrected chi connectivity index (χ0v) is 7.21. The Balaban J connectivity index is 2.89. The summed E-state index contributed by atoms with van der Waals surface area (Å²) in [5.74, 6) is 0.109. The summed E-state index contributed by atoms with van der Waals surface area (Å²) >= 11 is 5.73. The molecule has 2 rings (SSSR count). The van der Waals surface area contributed by atoms with E-state index in [4.69, 9.17) is 21.4 Å². The lowest BCUT2D eigenvalue weighted by molar-refractivity contribution is 1.19. The summed E-state index contributed by atoms with van der Waals surface area (Å²) in [6.45, 7) is -2.31. The first-order valence-corrected chi connectivity index (χ1v) is 3.84. The topological polar surface area (TPSA) is 64.7 Å². The van der Waals surface area contributed by atoms with Gasteiger partial charge in [-0.25, -0.2) is 15.0 Å². The third kappa shape index (κ3) is 1.29. The fourth-order valence-electron chi connectivity index (χ4n) is 1.03.